The van der Waals surface area contributed by atoms with Crippen LogP contribution in [0.15, 0.2) is 4.99 Å². The number of nitrogens with one attached hydrogen (secondary N) is 2. The van der Waals surface area contributed by atoms with Gasteiger partial charge in [0.15, 0.2) is 5.96 Å². The summed E-state index contributed by atoms with van der Waals surface area (Å²) in [5.41, 5.74) is -1.47. The molecule has 0 aromatic carbocycles. The number of ether oxygens (including phenoxy) is 2. The number of aliphatic imine (C=N–C) groups is 1. The number of nitrogens with zero attached hydrogens (tertiary/aromatic N) is 2. The highest BCUT2D eigenvalue weighted by Crippen LogP contribution is 2.33. The molecule has 0 aliphatic carbocycles. The number of carbonyl (C=O) groups excluding carboxylic acids is 1. The predicted molar refractivity (Wildman–Crippen MR) is 91.9 cm³/mol. The fourth-order valence-corrected chi connectivity index (χ4v) is 2.72. The van der Waals surface area contributed by atoms with Crippen molar-refractivity contribution >= 4 is 12.1 Å². The number of guanidine groups is 1. The van der Waals surface area contributed by atoms with E-state index in [2.05, 4.69) is 15.6 Å². The standard InChI is InChI=1S/C16H30F2N4O3/c1-10-11(8-20-13(19-7)21-9-12(17)18)22(16(5,6)24-10)14(23)25-15(2,3)4/h10-12H,8-9H2,1-7H3,(H2,19,20,21). The van der Waals surface area contributed by atoms with Gasteiger partial charge in [-0.2, -0.15) is 0 Å². The van der Waals surface area contributed by atoms with Crippen LogP contribution in [0.3, 0.4) is 0 Å². The Hall–Kier alpha value is -1.64. The summed E-state index contributed by atoms with van der Waals surface area (Å²) in [4.78, 5) is 18.0. The SMILES string of the molecule is CN=C(NCC(F)F)NCC1C(C)OC(C)(C)N1C(=O)OC(C)(C)C. The van der Waals surface area contributed by atoms with E-state index in [4.69, 9.17) is 9.47 Å². The molecular weight excluding hydrogens is 334 g/mol. The molecule has 0 radical (unpaired) electrons. The number of alkyl halides is 2. The van der Waals surface area contributed by atoms with E-state index in [1.807, 2.05) is 6.92 Å². The third-order valence-electron chi connectivity index (χ3n) is 3.64. The lowest BCUT2D eigenvalue weighted by atomic mass is 10.1. The maximum atomic E-state index is 12.6. The number of halogens is 2. The maximum Gasteiger partial charge on any atom is 0.412 e. The predicted octanol–water partition coefficient (Wildman–Crippen LogP) is 2.18. The van der Waals surface area contributed by atoms with Crippen molar-refractivity contribution in [3.05, 3.63) is 0 Å². The van der Waals surface area contributed by atoms with Gasteiger partial charge in [-0.1, -0.05) is 0 Å². The summed E-state index contributed by atoms with van der Waals surface area (Å²) in [6.45, 7) is 10.6. The summed E-state index contributed by atoms with van der Waals surface area (Å²) in [6.07, 6.45) is -3.23. The van der Waals surface area contributed by atoms with E-state index in [1.165, 1.54) is 11.9 Å². The van der Waals surface area contributed by atoms with Crippen molar-refractivity contribution in [3.63, 3.8) is 0 Å². The Morgan fingerprint density at radius 1 is 1.36 bits per heavy atom. The van der Waals surface area contributed by atoms with Crippen LogP contribution in [0.4, 0.5) is 13.6 Å². The molecule has 146 valence electrons. The third kappa shape index (κ3) is 6.30. The zero-order valence-electron chi connectivity index (χ0n) is 16.0. The van der Waals surface area contributed by atoms with Gasteiger partial charge in [0.05, 0.1) is 18.7 Å². The van der Waals surface area contributed by atoms with Crippen LogP contribution in [0.25, 0.3) is 0 Å². The minimum absolute atomic E-state index is 0.237. The van der Waals surface area contributed by atoms with Crippen LogP contribution >= 0.6 is 0 Å². The van der Waals surface area contributed by atoms with Crippen LogP contribution in [-0.4, -0.2) is 67.0 Å². The van der Waals surface area contributed by atoms with Gasteiger partial charge in [0.1, 0.15) is 11.3 Å². The van der Waals surface area contributed by atoms with Crippen LogP contribution < -0.4 is 10.6 Å². The van der Waals surface area contributed by atoms with Crippen LogP contribution in [-0.2, 0) is 9.47 Å². The zero-order chi connectivity index (χ0) is 19.4. The van der Waals surface area contributed by atoms with Crippen molar-refractivity contribution in [1.82, 2.24) is 15.5 Å². The lowest BCUT2D eigenvalue weighted by molar-refractivity contribution is -0.0755. The minimum Gasteiger partial charge on any atom is -0.444 e. The minimum atomic E-state index is -2.48. The molecule has 2 atom stereocenters. The van der Waals surface area contributed by atoms with Gasteiger partial charge in [0.2, 0.25) is 0 Å². The monoisotopic (exact) mass is 364 g/mol. The van der Waals surface area contributed by atoms with Gasteiger partial charge in [0.25, 0.3) is 6.43 Å². The number of rotatable bonds is 4. The molecule has 9 heteroatoms. The molecule has 1 saturated heterocycles. The smallest absolute Gasteiger partial charge is 0.412 e. The molecule has 0 aromatic rings. The van der Waals surface area contributed by atoms with Gasteiger partial charge >= 0.3 is 6.09 Å². The van der Waals surface area contributed by atoms with Crippen LogP contribution in [0.2, 0.25) is 0 Å². The molecule has 1 aliphatic rings. The van der Waals surface area contributed by atoms with Gasteiger partial charge in [-0.15, -0.1) is 0 Å². The largest absolute Gasteiger partial charge is 0.444 e. The second-order valence-corrected chi connectivity index (χ2v) is 7.41. The molecule has 0 bridgehead atoms. The summed E-state index contributed by atoms with van der Waals surface area (Å²) >= 11 is 0. The second-order valence-electron chi connectivity index (χ2n) is 7.41. The summed E-state index contributed by atoms with van der Waals surface area (Å²) < 4.78 is 36.0. The second kappa shape index (κ2) is 8.16. The molecule has 2 unspecified atom stereocenters. The van der Waals surface area contributed by atoms with Crippen LogP contribution in [0.5, 0.6) is 0 Å². The first-order valence-electron chi connectivity index (χ1n) is 8.30. The molecular formula is C16H30F2N4O3. The number of amides is 1. The number of carbonyl (C=O) groups is 1. The van der Waals surface area contributed by atoms with Crippen molar-refractivity contribution in [2.45, 2.75) is 71.4 Å². The van der Waals surface area contributed by atoms with E-state index in [-0.39, 0.29) is 24.7 Å². The zero-order valence-corrected chi connectivity index (χ0v) is 16.0. The van der Waals surface area contributed by atoms with E-state index >= 15 is 0 Å². The Balaban J connectivity index is 2.82. The molecule has 7 nitrogen and oxygen atoms in total. The Kier molecular flexibility index (Phi) is 6.99. The molecule has 0 spiro atoms. The topological polar surface area (TPSA) is 75.2 Å². The molecule has 25 heavy (non-hydrogen) atoms. The van der Waals surface area contributed by atoms with Crippen LogP contribution in [0, 0.1) is 0 Å². The average molecular weight is 364 g/mol. The fourth-order valence-electron chi connectivity index (χ4n) is 2.72. The van der Waals surface area contributed by atoms with Crippen molar-refractivity contribution in [3.8, 4) is 0 Å². The van der Waals surface area contributed by atoms with E-state index in [0.29, 0.717) is 0 Å². The average Bonchev–Trinajstić information content (AvgIpc) is 2.65. The molecule has 1 heterocycles. The molecule has 0 saturated carbocycles. The Labute approximate surface area is 148 Å². The molecule has 1 fully saturated rings. The highest BCUT2D eigenvalue weighted by Gasteiger charge is 2.49. The molecule has 1 aliphatic heterocycles. The fraction of sp³-hybridized carbons (Fsp3) is 0.875. The summed E-state index contributed by atoms with van der Waals surface area (Å²) in [5.74, 6) is 0.237. The van der Waals surface area contributed by atoms with Crippen molar-refractivity contribution in [2.75, 3.05) is 20.1 Å². The summed E-state index contributed by atoms with van der Waals surface area (Å²) in [7, 11) is 1.49. The molecule has 2 N–H and O–H groups in total. The molecule has 1 amide bonds. The number of hydrogen-bond acceptors (Lipinski definition) is 4. The molecule has 1 rings (SSSR count). The normalized spacial score (nSPS) is 23.8. The highest BCUT2D eigenvalue weighted by molar-refractivity contribution is 5.79. The Morgan fingerprint density at radius 2 is 1.96 bits per heavy atom. The van der Waals surface area contributed by atoms with E-state index in [9.17, 15) is 13.6 Å². The first-order chi connectivity index (χ1) is 11.4. The summed E-state index contributed by atoms with van der Waals surface area (Å²) in [6, 6.07) is -0.338. The van der Waals surface area contributed by atoms with Crippen molar-refractivity contribution < 1.29 is 23.0 Å². The Morgan fingerprint density at radius 3 is 2.44 bits per heavy atom. The van der Waals surface area contributed by atoms with Gasteiger partial charge in [0, 0.05) is 13.6 Å². The maximum absolute atomic E-state index is 12.6. The van der Waals surface area contributed by atoms with Crippen LogP contribution in [0.1, 0.15) is 41.5 Å². The van der Waals surface area contributed by atoms with Gasteiger partial charge in [-0.3, -0.25) is 9.89 Å². The summed E-state index contributed by atoms with van der Waals surface area (Å²) in [5, 5.41) is 5.48. The van der Waals surface area contributed by atoms with Crippen molar-refractivity contribution in [2.24, 2.45) is 4.99 Å². The van der Waals surface area contributed by atoms with Crippen molar-refractivity contribution in [1.29, 1.82) is 0 Å². The molecule has 0 aromatic heterocycles. The lowest BCUT2D eigenvalue weighted by Gasteiger charge is -2.35. The highest BCUT2D eigenvalue weighted by atomic mass is 19.3. The quantitative estimate of drug-likeness (QED) is 0.591. The van der Waals surface area contributed by atoms with E-state index < -0.39 is 30.4 Å². The first-order valence-corrected chi connectivity index (χ1v) is 8.30. The van der Waals surface area contributed by atoms with E-state index in [1.54, 1.807) is 34.6 Å². The first kappa shape index (κ1) is 21.4. The third-order valence-corrected chi connectivity index (χ3v) is 3.64. The van der Waals surface area contributed by atoms with Gasteiger partial charge in [-0.25, -0.2) is 13.6 Å². The van der Waals surface area contributed by atoms with E-state index in [0.717, 1.165) is 0 Å². The number of hydrogen-bond donors (Lipinski definition) is 2. The lowest BCUT2D eigenvalue weighted by Crippen LogP contribution is -2.54. The van der Waals surface area contributed by atoms with Gasteiger partial charge < -0.3 is 20.1 Å². The van der Waals surface area contributed by atoms with Gasteiger partial charge in [-0.05, 0) is 41.5 Å². The Bertz CT molecular complexity index is 492.